The zero-order valence-corrected chi connectivity index (χ0v) is 18.6. The van der Waals surface area contributed by atoms with Crippen LogP contribution >= 0.6 is 11.6 Å². The molecular weight excluding hydrogens is 449 g/mol. The highest BCUT2D eigenvalue weighted by Crippen LogP contribution is 2.26. The van der Waals surface area contributed by atoms with E-state index >= 15 is 0 Å². The largest absolute Gasteiger partial charge is 0.378 e. The van der Waals surface area contributed by atoms with Gasteiger partial charge < -0.3 is 15.0 Å². The first-order valence-electron chi connectivity index (χ1n) is 10.3. The minimum Gasteiger partial charge on any atom is -0.378 e. The van der Waals surface area contributed by atoms with Crippen LogP contribution in [0, 0.1) is 12.7 Å². The number of benzene rings is 1. The van der Waals surface area contributed by atoms with Crippen molar-refractivity contribution >= 4 is 35.0 Å². The molecule has 1 aromatic carbocycles. The van der Waals surface area contributed by atoms with Crippen LogP contribution in [0.5, 0.6) is 0 Å². The number of aryl methyl sites for hydroxylation is 1. The molecule has 0 atom stereocenters. The molecule has 1 saturated heterocycles. The molecule has 0 saturated carbocycles. The van der Waals surface area contributed by atoms with Crippen molar-refractivity contribution in [1.82, 2.24) is 15.0 Å². The minimum atomic E-state index is -0.515. The summed E-state index contributed by atoms with van der Waals surface area (Å²) in [6.45, 7) is 4.13. The molecule has 2 aromatic heterocycles. The first-order chi connectivity index (χ1) is 16.0. The molecule has 1 N–H and O–H groups in total. The third-order valence-electron chi connectivity index (χ3n) is 4.96. The Kier molecular flexibility index (Phi) is 7.16. The summed E-state index contributed by atoms with van der Waals surface area (Å²) < 4.78 is 19.4. The van der Waals surface area contributed by atoms with Crippen LogP contribution in [-0.4, -0.2) is 47.2 Å². The predicted octanol–water partition coefficient (Wildman–Crippen LogP) is 4.35. The van der Waals surface area contributed by atoms with Crippen LogP contribution in [0.3, 0.4) is 0 Å². The Morgan fingerprint density at radius 2 is 2.03 bits per heavy atom. The van der Waals surface area contributed by atoms with E-state index in [1.165, 1.54) is 6.20 Å². The summed E-state index contributed by atoms with van der Waals surface area (Å²) in [5, 5.41) is 11.3. The molecular formula is C22H21ClFN7O2. The van der Waals surface area contributed by atoms with Crippen molar-refractivity contribution in [3.63, 3.8) is 0 Å². The molecule has 3 aromatic rings. The van der Waals surface area contributed by atoms with Crippen molar-refractivity contribution in [2.45, 2.75) is 13.5 Å². The zero-order chi connectivity index (χ0) is 23.2. The number of carbonyl (C=O) groups excluding carboxylic acids is 1. The molecule has 3 heterocycles. The average Bonchev–Trinajstić information content (AvgIpc) is 2.83. The summed E-state index contributed by atoms with van der Waals surface area (Å²) >= 11 is 6.16. The number of para-hydroxylation sites is 1. The maximum atomic E-state index is 14.1. The maximum Gasteiger partial charge on any atom is 0.270 e. The lowest BCUT2D eigenvalue weighted by molar-refractivity contribution is 0.102. The third-order valence-corrected chi connectivity index (χ3v) is 5.28. The lowest BCUT2D eigenvalue weighted by atomic mass is 10.2. The van der Waals surface area contributed by atoms with E-state index in [1.54, 1.807) is 23.1 Å². The van der Waals surface area contributed by atoms with Crippen LogP contribution in [0.2, 0.25) is 5.02 Å². The van der Waals surface area contributed by atoms with E-state index in [2.05, 4.69) is 30.5 Å². The number of hydrogen-bond acceptors (Lipinski definition) is 8. The monoisotopic (exact) mass is 469 g/mol. The lowest BCUT2D eigenvalue weighted by Crippen LogP contribution is -2.37. The Hall–Kier alpha value is -3.50. The molecule has 4 rings (SSSR count). The van der Waals surface area contributed by atoms with Gasteiger partial charge in [0.05, 0.1) is 41.4 Å². The van der Waals surface area contributed by atoms with Gasteiger partial charge in [0.2, 0.25) is 0 Å². The summed E-state index contributed by atoms with van der Waals surface area (Å²) in [7, 11) is 0. The number of morpholine rings is 1. The van der Waals surface area contributed by atoms with Gasteiger partial charge in [-0.05, 0) is 30.7 Å². The van der Waals surface area contributed by atoms with Crippen LogP contribution in [-0.2, 0) is 11.3 Å². The average molecular weight is 470 g/mol. The number of hydrogen-bond donors (Lipinski definition) is 1. The van der Waals surface area contributed by atoms with Crippen molar-refractivity contribution in [1.29, 1.82) is 0 Å². The molecule has 0 bridgehead atoms. The second-order valence-electron chi connectivity index (χ2n) is 7.26. The molecule has 9 nitrogen and oxygen atoms in total. The molecule has 1 aliphatic rings. The van der Waals surface area contributed by atoms with Crippen molar-refractivity contribution in [3.8, 4) is 0 Å². The maximum absolute atomic E-state index is 14.1. The highest BCUT2D eigenvalue weighted by molar-refractivity contribution is 6.34. The molecule has 0 unspecified atom stereocenters. The van der Waals surface area contributed by atoms with Gasteiger partial charge in [-0.2, -0.15) is 10.1 Å². The third kappa shape index (κ3) is 5.65. The van der Waals surface area contributed by atoms with Gasteiger partial charge in [0.15, 0.2) is 11.6 Å². The lowest BCUT2D eigenvalue weighted by Gasteiger charge is -2.27. The van der Waals surface area contributed by atoms with Crippen LogP contribution in [0.4, 0.5) is 21.8 Å². The van der Waals surface area contributed by atoms with Crippen molar-refractivity contribution in [2.24, 2.45) is 10.2 Å². The quantitative estimate of drug-likeness (QED) is 0.538. The first kappa shape index (κ1) is 22.7. The molecule has 0 aliphatic carbocycles. The second kappa shape index (κ2) is 10.4. The minimum absolute atomic E-state index is 0.0593. The molecule has 1 aliphatic heterocycles. The fourth-order valence-corrected chi connectivity index (χ4v) is 3.46. The summed E-state index contributed by atoms with van der Waals surface area (Å²) in [6.07, 6.45) is 2.54. The number of anilines is 2. The van der Waals surface area contributed by atoms with Gasteiger partial charge in [0.1, 0.15) is 6.54 Å². The first-order valence-corrected chi connectivity index (χ1v) is 10.6. The number of rotatable bonds is 6. The molecule has 170 valence electrons. The standard InChI is InChI=1S/C22H21ClFN7O2/c1-14-3-2-4-17(23)19(14)28-21(32)15-5-6-16(25-11-15)12-27-30-22-26-13-18(24)20(29-22)31-7-9-33-10-8-31/h2-6,11,13H,7-10,12H2,1H3,(H,28,32). The SMILES string of the molecule is Cc1cccc(Cl)c1NC(=O)c1ccc(CN=Nc2ncc(F)c(N3CCOCC3)n2)nc1. The smallest absolute Gasteiger partial charge is 0.270 e. The normalized spacial score (nSPS) is 14.0. The van der Waals surface area contributed by atoms with Crippen molar-refractivity contribution < 1.29 is 13.9 Å². The Morgan fingerprint density at radius 1 is 1.21 bits per heavy atom. The number of carbonyl (C=O) groups is 1. The van der Waals surface area contributed by atoms with Gasteiger partial charge >= 0.3 is 0 Å². The summed E-state index contributed by atoms with van der Waals surface area (Å²) in [6, 6.07) is 8.72. The van der Waals surface area contributed by atoms with Gasteiger partial charge in [-0.25, -0.2) is 9.37 Å². The van der Waals surface area contributed by atoms with E-state index in [1.807, 2.05) is 19.1 Å². The van der Waals surface area contributed by atoms with Gasteiger partial charge in [-0.1, -0.05) is 23.7 Å². The Bertz CT molecular complexity index is 1150. The summed E-state index contributed by atoms with van der Waals surface area (Å²) in [5.74, 6) is -0.589. The number of pyridine rings is 1. The highest BCUT2D eigenvalue weighted by Gasteiger charge is 2.18. The summed E-state index contributed by atoms with van der Waals surface area (Å²) in [5.41, 5.74) is 2.41. The van der Waals surface area contributed by atoms with Gasteiger partial charge in [0, 0.05) is 19.3 Å². The number of aromatic nitrogens is 3. The van der Waals surface area contributed by atoms with Crippen molar-refractivity contribution in [2.75, 3.05) is 36.5 Å². The van der Waals surface area contributed by atoms with Crippen LogP contribution in [0.25, 0.3) is 0 Å². The Morgan fingerprint density at radius 3 is 2.76 bits per heavy atom. The van der Waals surface area contributed by atoms with E-state index in [4.69, 9.17) is 16.3 Å². The number of ether oxygens (including phenoxy) is 1. The number of azo groups is 1. The predicted molar refractivity (Wildman–Crippen MR) is 122 cm³/mol. The van der Waals surface area contributed by atoms with Crippen LogP contribution < -0.4 is 10.2 Å². The molecule has 0 radical (unpaired) electrons. The molecule has 11 heteroatoms. The van der Waals surface area contributed by atoms with Crippen molar-refractivity contribution in [3.05, 3.63) is 70.4 Å². The van der Waals surface area contributed by atoms with Gasteiger partial charge in [-0.3, -0.25) is 9.78 Å². The Labute approximate surface area is 194 Å². The highest BCUT2D eigenvalue weighted by atomic mass is 35.5. The van der Waals surface area contributed by atoms with E-state index in [0.29, 0.717) is 48.3 Å². The van der Waals surface area contributed by atoms with Gasteiger partial charge in [-0.15, -0.1) is 5.11 Å². The van der Waals surface area contributed by atoms with Crippen LogP contribution in [0.1, 0.15) is 21.6 Å². The fourth-order valence-electron chi connectivity index (χ4n) is 3.19. The van der Waals surface area contributed by atoms with Crippen LogP contribution in [0.15, 0.2) is 53.0 Å². The van der Waals surface area contributed by atoms with E-state index in [9.17, 15) is 9.18 Å². The van der Waals surface area contributed by atoms with E-state index < -0.39 is 5.82 Å². The number of amides is 1. The molecule has 0 spiro atoms. The molecule has 1 amide bonds. The van der Waals surface area contributed by atoms with Gasteiger partial charge in [0.25, 0.3) is 11.9 Å². The number of halogens is 2. The topological polar surface area (TPSA) is 105 Å². The van der Waals surface area contributed by atoms with E-state index in [0.717, 1.165) is 11.8 Å². The van der Waals surface area contributed by atoms with E-state index in [-0.39, 0.29) is 24.2 Å². The fraction of sp³-hybridized carbons (Fsp3) is 0.273. The molecule has 33 heavy (non-hydrogen) atoms. The number of nitrogens with one attached hydrogen (secondary N) is 1. The summed E-state index contributed by atoms with van der Waals surface area (Å²) in [4.78, 5) is 26.6. The number of nitrogens with zero attached hydrogens (tertiary/aromatic N) is 6. The second-order valence-corrected chi connectivity index (χ2v) is 7.67. The Balaban J connectivity index is 1.38. The molecule has 1 fully saturated rings. The zero-order valence-electron chi connectivity index (χ0n) is 17.8.